The van der Waals surface area contributed by atoms with Gasteiger partial charge in [0, 0.05) is 34.1 Å². The minimum absolute atomic E-state index is 0.352. The summed E-state index contributed by atoms with van der Waals surface area (Å²) in [6.07, 6.45) is 0. The number of nitrogens with zero attached hydrogens (tertiary/aromatic N) is 3. The molecule has 1 heterocycles. The third kappa shape index (κ3) is 8.59. The number of rotatable bonds is 12. The van der Waals surface area contributed by atoms with E-state index in [0.29, 0.717) is 14.5 Å². The number of hydrogen-bond acceptors (Lipinski definition) is 3. The Labute approximate surface area is 415 Å². The Morgan fingerprint density at radius 3 is 0.757 bits per heavy atom. The van der Waals surface area contributed by atoms with Crippen LogP contribution in [-0.4, -0.2) is 14.5 Å². The van der Waals surface area contributed by atoms with Gasteiger partial charge in [0.25, 0.3) is 0 Å². The second-order valence-corrected chi connectivity index (χ2v) is 19.7. The molecule has 0 aliphatic rings. The summed E-state index contributed by atoms with van der Waals surface area (Å²) >= 11 is 0.352. The van der Waals surface area contributed by atoms with Crippen LogP contribution in [0.25, 0.3) is 52.7 Å². The van der Waals surface area contributed by atoms with Crippen molar-refractivity contribution in [3.8, 4) is 33.4 Å². The first kappa shape index (κ1) is 42.7. The molecule has 0 spiro atoms. The van der Waals surface area contributed by atoms with E-state index in [1.807, 2.05) is 0 Å². The van der Waals surface area contributed by atoms with Gasteiger partial charge in [-0.1, -0.05) is 97.1 Å². The van der Waals surface area contributed by atoms with Crippen LogP contribution in [0.4, 0.5) is 51.2 Å². The van der Waals surface area contributed by atoms with E-state index in [0.717, 1.165) is 73.4 Å². The van der Waals surface area contributed by atoms with Crippen molar-refractivity contribution in [2.45, 2.75) is 0 Å². The molecule has 0 radical (unpaired) electrons. The summed E-state index contributed by atoms with van der Waals surface area (Å²) in [5.41, 5.74) is 17.1. The average Bonchev–Trinajstić information content (AvgIpc) is 3.82. The summed E-state index contributed by atoms with van der Waals surface area (Å²) in [6, 6.07) is 103. The van der Waals surface area contributed by atoms with E-state index in [9.17, 15) is 0 Å². The molecule has 12 rings (SSSR count). The molecule has 0 N–H and O–H groups in total. The molecule has 0 unspecified atom stereocenters. The Bertz CT molecular complexity index is 3400. The molecular weight excluding hydrogens is 914 g/mol. The molecule has 0 fully saturated rings. The quantitative estimate of drug-likeness (QED) is 0.113. The topological polar surface area (TPSA) is 9.72 Å². The molecule has 1 aromatic heterocycles. The third-order valence-electron chi connectivity index (χ3n) is 13.1. The SMILES string of the molecule is c1ccc(N(c2ccccc2)c2ccc(-c3ccc(N(c4ccc(-c5ccc(N(c6ccccc6)c6ccccc6)cc5)cc4)c4ccc(-c5ccc6[se]c7ccccc7c6c5)cc4)cc3)cc2)cc1. The molecule has 332 valence electrons. The zero-order valence-electron chi connectivity index (χ0n) is 38.4. The second kappa shape index (κ2) is 19.1. The van der Waals surface area contributed by atoms with E-state index in [1.54, 1.807) is 0 Å². The van der Waals surface area contributed by atoms with Crippen LogP contribution in [0.5, 0.6) is 0 Å². The van der Waals surface area contributed by atoms with Crippen LogP contribution in [0.15, 0.2) is 285 Å². The van der Waals surface area contributed by atoms with Crippen molar-refractivity contribution in [3.05, 3.63) is 285 Å². The first-order valence-electron chi connectivity index (χ1n) is 23.7. The maximum atomic E-state index is 2.38. The minimum Gasteiger partial charge on any atom is -0.0602 e. The van der Waals surface area contributed by atoms with Gasteiger partial charge in [0.15, 0.2) is 0 Å². The average molecular weight is 961 g/mol. The van der Waals surface area contributed by atoms with Gasteiger partial charge in [-0.15, -0.1) is 0 Å². The smallest absolute Gasteiger partial charge is 0.0602 e. The Balaban J connectivity index is 0.863. The normalized spacial score (nSPS) is 11.1. The van der Waals surface area contributed by atoms with Crippen LogP contribution in [-0.2, 0) is 0 Å². The molecule has 0 bridgehead atoms. The summed E-state index contributed by atoms with van der Waals surface area (Å²) in [7, 11) is 0. The summed E-state index contributed by atoms with van der Waals surface area (Å²) in [4.78, 5) is 6.96. The van der Waals surface area contributed by atoms with Crippen molar-refractivity contribution in [1.29, 1.82) is 0 Å². The first-order valence-corrected chi connectivity index (χ1v) is 25.4. The number of hydrogen-bond donors (Lipinski definition) is 0. The van der Waals surface area contributed by atoms with Crippen LogP contribution in [0.2, 0.25) is 0 Å². The fourth-order valence-electron chi connectivity index (χ4n) is 9.57. The minimum atomic E-state index is 0.352. The molecule has 0 atom stereocenters. The van der Waals surface area contributed by atoms with Gasteiger partial charge in [-0.2, -0.15) is 0 Å². The standard InChI is InChI=1S/C66H47N3Se/c1-5-15-54(16-6-1)67(55-17-7-2-8-18-55)58-36-25-48(26-37-58)50-29-40-60(41-30-50)69(62-44-33-52(34-45-62)53-35-46-66-64(47-53)63-23-13-14-24-65(63)70-66)61-42-31-51(32-43-61)49-27-38-59(39-28-49)68(56-19-9-3-10-20-56)57-21-11-4-12-22-57/h1-47H. The van der Waals surface area contributed by atoms with E-state index < -0.39 is 0 Å². The molecule has 4 heteroatoms. The summed E-state index contributed by atoms with van der Waals surface area (Å²) in [6.45, 7) is 0. The number of para-hydroxylation sites is 4. The van der Waals surface area contributed by atoms with Gasteiger partial charge in [-0.05, 0) is 95.1 Å². The molecule has 12 aromatic rings. The second-order valence-electron chi connectivity index (χ2n) is 17.4. The van der Waals surface area contributed by atoms with Gasteiger partial charge in [-0.3, -0.25) is 0 Å². The molecular formula is C66H47N3Se. The summed E-state index contributed by atoms with van der Waals surface area (Å²) < 4.78 is 2.93. The van der Waals surface area contributed by atoms with Crippen molar-refractivity contribution in [2.24, 2.45) is 0 Å². The van der Waals surface area contributed by atoms with Gasteiger partial charge >= 0.3 is 182 Å². The van der Waals surface area contributed by atoms with Gasteiger partial charge < -0.3 is 9.80 Å². The predicted octanol–water partition coefficient (Wildman–Crippen LogP) is 18.5. The van der Waals surface area contributed by atoms with Crippen LogP contribution >= 0.6 is 0 Å². The van der Waals surface area contributed by atoms with Crippen molar-refractivity contribution in [2.75, 3.05) is 14.7 Å². The van der Waals surface area contributed by atoms with Crippen LogP contribution in [0.3, 0.4) is 0 Å². The van der Waals surface area contributed by atoms with Gasteiger partial charge in [0.1, 0.15) is 0 Å². The summed E-state index contributed by atoms with van der Waals surface area (Å²) in [5.74, 6) is 0. The Kier molecular flexibility index (Phi) is 11.7. The number of anilines is 9. The Morgan fingerprint density at radius 1 is 0.186 bits per heavy atom. The number of fused-ring (bicyclic) bond motifs is 3. The maximum absolute atomic E-state index is 2.38. The predicted molar refractivity (Wildman–Crippen MR) is 299 cm³/mol. The number of benzene rings is 11. The third-order valence-corrected chi connectivity index (χ3v) is 15.5. The van der Waals surface area contributed by atoms with E-state index in [2.05, 4.69) is 300 Å². The monoisotopic (exact) mass is 961 g/mol. The molecule has 0 aliphatic carbocycles. The van der Waals surface area contributed by atoms with Crippen molar-refractivity contribution in [1.82, 2.24) is 0 Å². The molecule has 3 nitrogen and oxygen atoms in total. The van der Waals surface area contributed by atoms with Crippen LogP contribution in [0.1, 0.15) is 0 Å². The van der Waals surface area contributed by atoms with Gasteiger partial charge in [0.05, 0.1) is 0 Å². The molecule has 0 saturated heterocycles. The summed E-state index contributed by atoms with van der Waals surface area (Å²) in [5, 5.41) is 2.75. The van der Waals surface area contributed by atoms with Crippen molar-refractivity contribution >= 4 is 85.0 Å². The van der Waals surface area contributed by atoms with E-state index in [-0.39, 0.29) is 0 Å². The Hall–Kier alpha value is -8.66. The van der Waals surface area contributed by atoms with Crippen molar-refractivity contribution in [3.63, 3.8) is 0 Å². The zero-order valence-corrected chi connectivity index (χ0v) is 40.1. The molecule has 11 aromatic carbocycles. The fourth-order valence-corrected chi connectivity index (χ4v) is 11.8. The van der Waals surface area contributed by atoms with Crippen LogP contribution in [0, 0.1) is 0 Å². The zero-order chi connectivity index (χ0) is 46.6. The van der Waals surface area contributed by atoms with Gasteiger partial charge in [-0.25, -0.2) is 0 Å². The Morgan fingerprint density at radius 2 is 0.429 bits per heavy atom. The fraction of sp³-hybridized carbons (Fsp3) is 0. The van der Waals surface area contributed by atoms with Crippen molar-refractivity contribution < 1.29 is 0 Å². The first-order chi connectivity index (χ1) is 34.7. The van der Waals surface area contributed by atoms with E-state index >= 15 is 0 Å². The molecule has 0 amide bonds. The van der Waals surface area contributed by atoms with E-state index in [4.69, 9.17) is 0 Å². The molecule has 0 aliphatic heterocycles. The molecule has 70 heavy (non-hydrogen) atoms. The van der Waals surface area contributed by atoms with E-state index in [1.165, 1.54) is 30.4 Å². The van der Waals surface area contributed by atoms with Crippen LogP contribution < -0.4 is 14.7 Å². The van der Waals surface area contributed by atoms with Gasteiger partial charge in [0.2, 0.25) is 0 Å². The molecule has 0 saturated carbocycles.